The maximum Gasteiger partial charge on any atom is 0.151 e. The number of rotatable bonds is 4. The molecule has 1 aliphatic heterocycles. The Morgan fingerprint density at radius 2 is 2.36 bits per heavy atom. The molecule has 0 radical (unpaired) electrons. The van der Waals surface area contributed by atoms with E-state index >= 15 is 0 Å². The topological polar surface area (TPSA) is 40.5 Å². The zero-order chi connectivity index (χ0) is 8.10. The van der Waals surface area contributed by atoms with Crippen molar-refractivity contribution in [2.45, 2.75) is 25.6 Å². The van der Waals surface area contributed by atoms with Crippen molar-refractivity contribution in [3.05, 3.63) is 10.3 Å². The van der Waals surface area contributed by atoms with Crippen LogP contribution in [0, 0.1) is 0 Å². The predicted molar refractivity (Wildman–Crippen MR) is 50.2 cm³/mol. The number of aliphatic hydroxyl groups excluding tert-OH is 1. The third-order valence-corrected chi connectivity index (χ3v) is 3.72. The summed E-state index contributed by atoms with van der Waals surface area (Å²) in [5.74, 6) is 0. The van der Waals surface area contributed by atoms with Crippen LogP contribution in [0.5, 0.6) is 0 Å². The Hall–Kier alpha value is 0.360. The van der Waals surface area contributed by atoms with Crippen LogP contribution in [-0.2, 0) is 0 Å². The highest BCUT2D eigenvalue weighted by atomic mass is 32.2. The third-order valence-electron chi connectivity index (χ3n) is 1.41. The lowest BCUT2D eigenvalue weighted by molar-refractivity contribution is -0.0460. The molecule has 2 N–H and O–H groups in total. The first-order chi connectivity index (χ1) is 5.29. The fraction of sp³-hybridized carbons (Fsp3) is 0.714. The smallest absolute Gasteiger partial charge is 0.151 e. The molecule has 11 heavy (non-hydrogen) atoms. The molecular formula is C7H12O2S2. The summed E-state index contributed by atoms with van der Waals surface area (Å²) >= 11 is 3.67. The largest absolute Gasteiger partial charge is 0.368 e. The molecule has 0 bridgehead atoms. The minimum Gasteiger partial charge on any atom is -0.368 e. The van der Waals surface area contributed by atoms with E-state index in [4.69, 9.17) is 10.2 Å². The van der Waals surface area contributed by atoms with Crippen LogP contribution < -0.4 is 0 Å². The van der Waals surface area contributed by atoms with Gasteiger partial charge in [-0.05, 0) is 29.6 Å². The van der Waals surface area contributed by atoms with Gasteiger partial charge in [0.05, 0.1) is 0 Å². The van der Waals surface area contributed by atoms with Crippen LogP contribution in [0.3, 0.4) is 0 Å². The normalized spacial score (nSPS) is 17.5. The molecule has 2 nitrogen and oxygen atoms in total. The van der Waals surface area contributed by atoms with Crippen molar-refractivity contribution in [1.82, 2.24) is 0 Å². The fourth-order valence-corrected chi connectivity index (χ4v) is 3.08. The second kappa shape index (κ2) is 5.09. The summed E-state index contributed by atoms with van der Waals surface area (Å²) in [6.45, 7) is 0. The molecule has 0 saturated heterocycles. The van der Waals surface area contributed by atoms with Gasteiger partial charge in [0.2, 0.25) is 0 Å². The Bertz CT molecular complexity index is 145. The zero-order valence-electron chi connectivity index (χ0n) is 6.19. The van der Waals surface area contributed by atoms with Gasteiger partial charge in [-0.1, -0.05) is 0 Å². The lowest BCUT2D eigenvalue weighted by atomic mass is 10.2. The van der Waals surface area contributed by atoms with Crippen LogP contribution in [0.25, 0.3) is 0 Å². The lowest BCUT2D eigenvalue weighted by Crippen LogP contribution is -2.02. The van der Waals surface area contributed by atoms with Gasteiger partial charge in [0.1, 0.15) is 0 Å². The van der Waals surface area contributed by atoms with Crippen molar-refractivity contribution in [3.8, 4) is 0 Å². The van der Waals surface area contributed by atoms with Gasteiger partial charge >= 0.3 is 0 Å². The van der Waals surface area contributed by atoms with E-state index in [9.17, 15) is 0 Å². The minimum absolute atomic E-state index is 0.489. The zero-order valence-corrected chi connectivity index (χ0v) is 7.83. The summed E-state index contributed by atoms with van der Waals surface area (Å²) in [6.07, 6.45) is 1.23. The molecule has 1 heterocycles. The molecular weight excluding hydrogens is 180 g/mol. The third kappa shape index (κ3) is 4.06. The first-order valence-electron chi connectivity index (χ1n) is 3.58. The van der Waals surface area contributed by atoms with E-state index in [1.165, 1.54) is 4.91 Å². The first-order valence-corrected chi connectivity index (χ1v) is 5.62. The Labute approximate surface area is 75.1 Å². The molecule has 64 valence electrons. The summed E-state index contributed by atoms with van der Waals surface area (Å²) in [5, 5.41) is 20.4. The Morgan fingerprint density at radius 3 is 2.91 bits per heavy atom. The van der Waals surface area contributed by atoms with Gasteiger partial charge in [0.15, 0.2) is 6.29 Å². The molecule has 0 spiro atoms. The van der Waals surface area contributed by atoms with Crippen molar-refractivity contribution >= 4 is 23.5 Å². The SMILES string of the molecule is OC(O)CCCC1=CSCS1. The molecule has 0 atom stereocenters. The molecule has 0 amide bonds. The molecule has 0 saturated carbocycles. The molecule has 0 unspecified atom stereocenters. The van der Waals surface area contributed by atoms with E-state index in [-0.39, 0.29) is 0 Å². The summed E-state index contributed by atoms with van der Waals surface area (Å²) in [5.41, 5.74) is 0. The van der Waals surface area contributed by atoms with Crippen LogP contribution >= 0.6 is 23.5 Å². The van der Waals surface area contributed by atoms with Crippen molar-refractivity contribution in [2.75, 3.05) is 5.08 Å². The van der Waals surface area contributed by atoms with Crippen molar-refractivity contribution in [1.29, 1.82) is 0 Å². The van der Waals surface area contributed by atoms with Gasteiger partial charge in [-0.3, -0.25) is 0 Å². The van der Waals surface area contributed by atoms with Gasteiger partial charge in [0, 0.05) is 5.08 Å². The molecule has 1 aliphatic rings. The maximum atomic E-state index is 8.55. The van der Waals surface area contributed by atoms with Gasteiger partial charge in [0.25, 0.3) is 0 Å². The van der Waals surface area contributed by atoms with Crippen LogP contribution in [0.15, 0.2) is 10.3 Å². The lowest BCUT2D eigenvalue weighted by Gasteiger charge is -2.02. The summed E-state index contributed by atoms with van der Waals surface area (Å²) in [4.78, 5) is 1.38. The Balaban J connectivity index is 2.03. The Morgan fingerprint density at radius 1 is 1.55 bits per heavy atom. The van der Waals surface area contributed by atoms with E-state index in [1.807, 2.05) is 23.5 Å². The summed E-state index contributed by atoms with van der Waals surface area (Å²) < 4.78 is 0. The van der Waals surface area contributed by atoms with Crippen molar-refractivity contribution < 1.29 is 10.2 Å². The fourth-order valence-electron chi connectivity index (χ4n) is 0.861. The van der Waals surface area contributed by atoms with Gasteiger partial charge in [-0.2, -0.15) is 0 Å². The van der Waals surface area contributed by atoms with Crippen LogP contribution in [0.1, 0.15) is 19.3 Å². The Kier molecular flexibility index (Phi) is 4.37. The van der Waals surface area contributed by atoms with Crippen LogP contribution in [0.4, 0.5) is 0 Å². The number of aliphatic hydroxyl groups is 2. The maximum absolute atomic E-state index is 8.55. The average Bonchev–Trinajstić information content (AvgIpc) is 2.39. The van der Waals surface area contributed by atoms with E-state index < -0.39 is 6.29 Å². The van der Waals surface area contributed by atoms with Gasteiger partial charge in [-0.15, -0.1) is 23.5 Å². The average molecular weight is 192 g/mol. The number of hydrogen-bond donors (Lipinski definition) is 2. The molecule has 0 aromatic carbocycles. The summed E-state index contributed by atoms with van der Waals surface area (Å²) in [6, 6.07) is 0. The molecule has 0 aromatic heterocycles. The van der Waals surface area contributed by atoms with Crippen LogP contribution in [0.2, 0.25) is 0 Å². The second-order valence-corrected chi connectivity index (χ2v) is 4.71. The quantitative estimate of drug-likeness (QED) is 0.666. The number of hydrogen-bond acceptors (Lipinski definition) is 4. The highest BCUT2D eigenvalue weighted by Crippen LogP contribution is 2.34. The molecule has 0 aliphatic carbocycles. The van der Waals surface area contributed by atoms with Crippen LogP contribution in [-0.4, -0.2) is 21.6 Å². The number of allylic oxidation sites excluding steroid dienone is 1. The first kappa shape index (κ1) is 9.45. The molecule has 1 rings (SSSR count). The van der Waals surface area contributed by atoms with E-state index in [2.05, 4.69) is 5.41 Å². The monoisotopic (exact) mass is 192 g/mol. The minimum atomic E-state index is -1.13. The van der Waals surface area contributed by atoms with E-state index in [1.54, 1.807) is 0 Å². The summed E-state index contributed by atoms with van der Waals surface area (Å²) in [7, 11) is 0. The van der Waals surface area contributed by atoms with Gasteiger partial charge < -0.3 is 10.2 Å². The number of thioether (sulfide) groups is 2. The van der Waals surface area contributed by atoms with E-state index in [0.717, 1.165) is 17.9 Å². The highest BCUT2D eigenvalue weighted by molar-refractivity contribution is 8.22. The van der Waals surface area contributed by atoms with Crippen molar-refractivity contribution in [3.63, 3.8) is 0 Å². The molecule has 0 fully saturated rings. The second-order valence-electron chi connectivity index (χ2n) is 2.39. The molecule has 0 aromatic rings. The molecule has 4 heteroatoms. The van der Waals surface area contributed by atoms with E-state index in [0.29, 0.717) is 6.42 Å². The predicted octanol–water partition coefficient (Wildman–Crippen LogP) is 1.75. The standard InChI is InChI=1S/C7H12O2S2/c8-7(9)3-1-2-6-4-10-5-11-6/h4,7-9H,1-3,5H2. The highest BCUT2D eigenvalue weighted by Gasteiger charge is 2.05. The van der Waals surface area contributed by atoms with Gasteiger partial charge in [-0.25, -0.2) is 0 Å². The van der Waals surface area contributed by atoms with Crippen molar-refractivity contribution in [2.24, 2.45) is 0 Å².